The van der Waals surface area contributed by atoms with E-state index in [4.69, 9.17) is 9.47 Å². The fourth-order valence-electron chi connectivity index (χ4n) is 1.85. The molecule has 1 aliphatic carbocycles. The predicted octanol–water partition coefficient (Wildman–Crippen LogP) is 2.46. The number of carbonyl (C=O) groups excluding carboxylic acids is 2. The van der Waals surface area contributed by atoms with E-state index in [2.05, 4.69) is 4.74 Å². The molecule has 0 amide bonds. The van der Waals surface area contributed by atoms with Gasteiger partial charge >= 0.3 is 11.9 Å². The van der Waals surface area contributed by atoms with E-state index in [1.807, 2.05) is 25.2 Å². The topological polar surface area (TPSA) is 61.8 Å². The molecule has 0 fully saturated rings. The second-order valence-corrected chi connectivity index (χ2v) is 4.47. The smallest absolute Gasteiger partial charge is 0.334 e. The lowest BCUT2D eigenvalue weighted by Gasteiger charge is -2.06. The lowest BCUT2D eigenvalue weighted by atomic mass is 10.0. The van der Waals surface area contributed by atoms with E-state index in [0.29, 0.717) is 6.42 Å². The fraction of sp³-hybridized carbons (Fsp3) is 0.375. The van der Waals surface area contributed by atoms with Gasteiger partial charge < -0.3 is 14.2 Å². The molecule has 0 atom stereocenters. The van der Waals surface area contributed by atoms with Crippen molar-refractivity contribution in [2.45, 2.75) is 19.8 Å². The first kappa shape index (κ1) is 16.8. The van der Waals surface area contributed by atoms with Crippen LogP contribution in [0.15, 0.2) is 46.8 Å². The van der Waals surface area contributed by atoms with Crippen molar-refractivity contribution in [2.24, 2.45) is 0 Å². The summed E-state index contributed by atoms with van der Waals surface area (Å²) in [4.78, 5) is 23.2. The SMILES string of the molecule is COC(=O)C/C(=C\C1=C(C)C=C(OC)CC=C1)C(=O)OC. The highest BCUT2D eigenvalue weighted by Crippen LogP contribution is 2.21. The van der Waals surface area contributed by atoms with Crippen LogP contribution in [0.25, 0.3) is 0 Å². The molecule has 0 spiro atoms. The highest BCUT2D eigenvalue weighted by Gasteiger charge is 2.16. The maximum Gasteiger partial charge on any atom is 0.334 e. The van der Waals surface area contributed by atoms with Crippen molar-refractivity contribution < 1.29 is 23.8 Å². The Balaban J connectivity index is 3.16. The summed E-state index contributed by atoms with van der Waals surface area (Å²) in [5.74, 6) is -0.204. The first-order valence-corrected chi connectivity index (χ1v) is 6.49. The van der Waals surface area contributed by atoms with Crippen molar-refractivity contribution in [3.8, 4) is 0 Å². The molecule has 0 aliphatic heterocycles. The molecule has 0 heterocycles. The van der Waals surface area contributed by atoms with Crippen molar-refractivity contribution >= 4 is 11.9 Å². The molecule has 114 valence electrons. The number of methoxy groups -OCH3 is 3. The van der Waals surface area contributed by atoms with E-state index in [-0.39, 0.29) is 12.0 Å². The van der Waals surface area contributed by atoms with Crippen LogP contribution >= 0.6 is 0 Å². The molecular formula is C16H20O5. The largest absolute Gasteiger partial charge is 0.501 e. The van der Waals surface area contributed by atoms with Gasteiger partial charge in [0.05, 0.1) is 33.5 Å². The zero-order valence-electron chi connectivity index (χ0n) is 12.8. The minimum Gasteiger partial charge on any atom is -0.501 e. The van der Waals surface area contributed by atoms with E-state index < -0.39 is 11.9 Å². The summed E-state index contributed by atoms with van der Waals surface area (Å²) in [5.41, 5.74) is 2.01. The number of rotatable bonds is 5. The Kier molecular flexibility index (Phi) is 6.46. The van der Waals surface area contributed by atoms with Crippen LogP contribution in [0, 0.1) is 0 Å². The van der Waals surface area contributed by atoms with Crippen LogP contribution in [0.4, 0.5) is 0 Å². The van der Waals surface area contributed by atoms with Gasteiger partial charge in [-0.15, -0.1) is 0 Å². The lowest BCUT2D eigenvalue weighted by molar-refractivity contribution is -0.143. The van der Waals surface area contributed by atoms with Gasteiger partial charge in [-0.05, 0) is 30.2 Å². The monoisotopic (exact) mass is 292 g/mol. The van der Waals surface area contributed by atoms with Gasteiger partial charge in [0.25, 0.3) is 0 Å². The maximum atomic E-state index is 11.8. The number of allylic oxidation sites excluding steroid dienone is 6. The molecule has 1 rings (SSSR count). The van der Waals surface area contributed by atoms with Gasteiger partial charge in [0.15, 0.2) is 0 Å². The van der Waals surface area contributed by atoms with E-state index in [9.17, 15) is 9.59 Å². The van der Waals surface area contributed by atoms with Crippen LogP contribution in [0.3, 0.4) is 0 Å². The summed E-state index contributed by atoms with van der Waals surface area (Å²) in [6.45, 7) is 1.91. The van der Waals surface area contributed by atoms with Crippen molar-refractivity contribution in [2.75, 3.05) is 21.3 Å². The zero-order valence-corrected chi connectivity index (χ0v) is 12.8. The Morgan fingerprint density at radius 2 is 1.95 bits per heavy atom. The summed E-state index contributed by atoms with van der Waals surface area (Å²) < 4.78 is 14.5. The molecule has 0 radical (unpaired) electrons. The third kappa shape index (κ3) is 4.95. The molecule has 0 aromatic carbocycles. The molecule has 0 saturated heterocycles. The molecular weight excluding hydrogens is 272 g/mol. The predicted molar refractivity (Wildman–Crippen MR) is 78.3 cm³/mol. The van der Waals surface area contributed by atoms with Crippen LogP contribution in [-0.2, 0) is 23.8 Å². The van der Waals surface area contributed by atoms with Gasteiger partial charge in [-0.2, -0.15) is 0 Å². The molecule has 0 N–H and O–H groups in total. The maximum absolute atomic E-state index is 11.8. The molecule has 0 bridgehead atoms. The van der Waals surface area contributed by atoms with Gasteiger partial charge in [0.1, 0.15) is 0 Å². The molecule has 0 aromatic heterocycles. The lowest BCUT2D eigenvalue weighted by Crippen LogP contribution is -2.11. The van der Waals surface area contributed by atoms with Crippen LogP contribution in [0.2, 0.25) is 0 Å². The Labute approximate surface area is 124 Å². The molecule has 21 heavy (non-hydrogen) atoms. The minimum absolute atomic E-state index is 0.130. The van der Waals surface area contributed by atoms with Gasteiger partial charge in [-0.25, -0.2) is 4.79 Å². The van der Waals surface area contributed by atoms with Crippen molar-refractivity contribution in [3.05, 3.63) is 46.8 Å². The van der Waals surface area contributed by atoms with Crippen LogP contribution in [0.5, 0.6) is 0 Å². The normalized spacial score (nSPS) is 15.2. The average molecular weight is 292 g/mol. The Bertz CT molecular complexity index is 535. The molecule has 5 heteroatoms. The van der Waals surface area contributed by atoms with E-state index >= 15 is 0 Å². The highest BCUT2D eigenvalue weighted by molar-refractivity contribution is 5.94. The Hall–Kier alpha value is -2.30. The molecule has 1 aliphatic rings. The third-order valence-corrected chi connectivity index (χ3v) is 3.05. The van der Waals surface area contributed by atoms with Crippen LogP contribution < -0.4 is 0 Å². The second kappa shape index (κ2) is 8.09. The number of hydrogen-bond donors (Lipinski definition) is 0. The first-order valence-electron chi connectivity index (χ1n) is 6.49. The summed E-state index contributed by atoms with van der Waals surface area (Å²) in [6.07, 6.45) is 7.91. The molecule has 0 aromatic rings. The molecule has 0 saturated carbocycles. The Morgan fingerprint density at radius 1 is 1.24 bits per heavy atom. The van der Waals surface area contributed by atoms with Gasteiger partial charge in [0, 0.05) is 12.0 Å². The Morgan fingerprint density at radius 3 is 2.52 bits per heavy atom. The van der Waals surface area contributed by atoms with Gasteiger partial charge in [-0.3, -0.25) is 4.79 Å². The number of ether oxygens (including phenoxy) is 3. The number of hydrogen-bond acceptors (Lipinski definition) is 5. The second-order valence-electron chi connectivity index (χ2n) is 4.47. The molecule has 5 nitrogen and oxygen atoms in total. The van der Waals surface area contributed by atoms with Crippen LogP contribution in [0.1, 0.15) is 19.8 Å². The van der Waals surface area contributed by atoms with Crippen molar-refractivity contribution in [1.29, 1.82) is 0 Å². The zero-order chi connectivity index (χ0) is 15.8. The van der Waals surface area contributed by atoms with Crippen molar-refractivity contribution in [1.82, 2.24) is 0 Å². The van der Waals surface area contributed by atoms with E-state index in [0.717, 1.165) is 16.9 Å². The average Bonchev–Trinajstić information content (AvgIpc) is 2.67. The fourth-order valence-corrected chi connectivity index (χ4v) is 1.85. The van der Waals surface area contributed by atoms with Gasteiger partial charge in [-0.1, -0.05) is 12.2 Å². The minimum atomic E-state index is -0.547. The van der Waals surface area contributed by atoms with Crippen LogP contribution in [-0.4, -0.2) is 33.3 Å². The van der Waals surface area contributed by atoms with Gasteiger partial charge in [0.2, 0.25) is 0 Å². The summed E-state index contributed by atoms with van der Waals surface area (Å²) >= 11 is 0. The quantitative estimate of drug-likeness (QED) is 0.575. The van der Waals surface area contributed by atoms with E-state index in [1.54, 1.807) is 13.2 Å². The third-order valence-electron chi connectivity index (χ3n) is 3.05. The summed E-state index contributed by atoms with van der Waals surface area (Å²) in [6, 6.07) is 0. The van der Waals surface area contributed by atoms with E-state index in [1.165, 1.54) is 14.2 Å². The number of carbonyl (C=O) groups is 2. The summed E-state index contributed by atoms with van der Waals surface area (Å²) in [7, 11) is 4.17. The highest BCUT2D eigenvalue weighted by atomic mass is 16.5. The first-order chi connectivity index (χ1) is 10.0. The standard InChI is InChI=1S/C16H20O5/c1-11-8-14(19-2)7-5-6-12(11)9-13(16(18)21-4)10-15(17)20-3/h5-6,8-9H,7,10H2,1-4H3/b13-9+. The number of esters is 2. The van der Waals surface area contributed by atoms with Crippen molar-refractivity contribution in [3.63, 3.8) is 0 Å². The summed E-state index contributed by atoms with van der Waals surface area (Å²) in [5, 5.41) is 0. The molecule has 0 unspecified atom stereocenters.